The number of amides is 1. The number of nitrogens with one attached hydrogen (secondary N) is 1. The van der Waals surface area contributed by atoms with Crippen molar-refractivity contribution in [2.75, 3.05) is 5.32 Å². The molecule has 2 rings (SSSR count). The number of halogens is 1. The van der Waals surface area contributed by atoms with E-state index in [1.165, 1.54) is 44.1 Å². The second kappa shape index (κ2) is 10.9. The van der Waals surface area contributed by atoms with E-state index in [2.05, 4.69) is 24.4 Å². The van der Waals surface area contributed by atoms with Crippen LogP contribution in [0.4, 0.5) is 5.69 Å². The Balaban J connectivity index is 1.72. The minimum absolute atomic E-state index is 0.00834. The first-order chi connectivity index (χ1) is 12.2. The topological polar surface area (TPSA) is 29.1 Å². The zero-order valence-corrected chi connectivity index (χ0v) is 15.8. The fourth-order valence-corrected chi connectivity index (χ4v) is 2.98. The molecule has 0 atom stereocenters. The highest BCUT2D eigenvalue weighted by atomic mass is 35.5. The van der Waals surface area contributed by atoms with Gasteiger partial charge in [0, 0.05) is 10.7 Å². The Morgan fingerprint density at radius 1 is 0.840 bits per heavy atom. The molecule has 0 aromatic heterocycles. The van der Waals surface area contributed by atoms with E-state index in [4.69, 9.17) is 11.6 Å². The van der Waals surface area contributed by atoms with E-state index in [0.29, 0.717) is 11.4 Å². The molecule has 0 bridgehead atoms. The minimum Gasteiger partial charge on any atom is -0.326 e. The first-order valence-electron chi connectivity index (χ1n) is 9.30. The Hall–Kier alpha value is -1.80. The van der Waals surface area contributed by atoms with E-state index in [0.717, 1.165) is 17.7 Å². The summed E-state index contributed by atoms with van der Waals surface area (Å²) in [7, 11) is 0. The van der Waals surface area contributed by atoms with Gasteiger partial charge >= 0.3 is 0 Å². The molecule has 0 unspecified atom stereocenters. The zero-order valence-electron chi connectivity index (χ0n) is 15.1. The number of carbonyl (C=O) groups excluding carboxylic acids is 1. The Bertz CT molecular complexity index is 634. The highest BCUT2D eigenvalue weighted by molar-refractivity contribution is 6.30. The van der Waals surface area contributed by atoms with Gasteiger partial charge in [-0.1, -0.05) is 74.9 Å². The third-order valence-electron chi connectivity index (χ3n) is 4.33. The lowest BCUT2D eigenvalue weighted by Crippen LogP contribution is -2.14. The zero-order chi connectivity index (χ0) is 17.9. The lowest BCUT2D eigenvalue weighted by molar-refractivity contribution is -0.115. The van der Waals surface area contributed by atoms with Crippen LogP contribution in [0.3, 0.4) is 0 Å². The molecule has 2 aromatic carbocycles. The molecule has 0 fully saturated rings. The number of benzene rings is 2. The largest absolute Gasteiger partial charge is 0.326 e. The monoisotopic (exact) mass is 357 g/mol. The summed E-state index contributed by atoms with van der Waals surface area (Å²) in [5.74, 6) is -0.00834. The number of aryl methyl sites for hydroxylation is 1. The number of hydrogen-bond acceptors (Lipinski definition) is 1. The van der Waals surface area contributed by atoms with Crippen molar-refractivity contribution in [2.24, 2.45) is 0 Å². The smallest absolute Gasteiger partial charge is 0.228 e. The first kappa shape index (κ1) is 19.5. The van der Waals surface area contributed by atoms with Crippen LogP contribution in [0, 0.1) is 0 Å². The molecule has 0 heterocycles. The number of unbranched alkanes of at least 4 members (excludes halogenated alkanes) is 5. The van der Waals surface area contributed by atoms with Gasteiger partial charge < -0.3 is 5.32 Å². The van der Waals surface area contributed by atoms with Crippen molar-refractivity contribution in [2.45, 2.75) is 58.3 Å². The maximum atomic E-state index is 12.1. The molecule has 0 saturated carbocycles. The van der Waals surface area contributed by atoms with E-state index in [-0.39, 0.29) is 5.91 Å². The van der Waals surface area contributed by atoms with Gasteiger partial charge in [-0.2, -0.15) is 0 Å². The van der Waals surface area contributed by atoms with Crippen LogP contribution >= 0.6 is 11.6 Å². The standard InChI is InChI=1S/C22H28ClNO/c1-2-3-4-5-6-7-8-18-11-15-21(16-12-18)24-22(25)17-19-9-13-20(23)14-10-19/h9-16H,2-8,17H2,1H3,(H,24,25). The molecule has 1 amide bonds. The van der Waals surface area contributed by atoms with E-state index in [1.807, 2.05) is 24.3 Å². The van der Waals surface area contributed by atoms with Crippen molar-refractivity contribution in [3.05, 3.63) is 64.7 Å². The van der Waals surface area contributed by atoms with Crippen molar-refractivity contribution < 1.29 is 4.79 Å². The van der Waals surface area contributed by atoms with Gasteiger partial charge in [0.15, 0.2) is 0 Å². The predicted molar refractivity (Wildman–Crippen MR) is 107 cm³/mol. The van der Waals surface area contributed by atoms with Gasteiger partial charge in [0.05, 0.1) is 6.42 Å². The summed E-state index contributed by atoms with van der Waals surface area (Å²) >= 11 is 5.86. The van der Waals surface area contributed by atoms with Crippen LogP contribution in [0.25, 0.3) is 0 Å². The van der Waals surface area contributed by atoms with Crippen LogP contribution in [0.2, 0.25) is 5.02 Å². The lowest BCUT2D eigenvalue weighted by Gasteiger charge is -2.07. The van der Waals surface area contributed by atoms with Gasteiger partial charge in [0.2, 0.25) is 5.91 Å². The Labute approximate surface area is 156 Å². The average Bonchev–Trinajstić information content (AvgIpc) is 2.61. The summed E-state index contributed by atoms with van der Waals surface area (Å²) in [6.45, 7) is 2.25. The number of hydrogen-bond donors (Lipinski definition) is 1. The van der Waals surface area contributed by atoms with E-state index in [1.54, 1.807) is 12.1 Å². The van der Waals surface area contributed by atoms with Crippen LogP contribution < -0.4 is 5.32 Å². The second-order valence-corrected chi connectivity index (χ2v) is 7.00. The van der Waals surface area contributed by atoms with Crippen molar-refractivity contribution in [3.63, 3.8) is 0 Å². The maximum Gasteiger partial charge on any atom is 0.228 e. The summed E-state index contributed by atoms with van der Waals surface area (Å²) in [5, 5.41) is 3.64. The quantitative estimate of drug-likeness (QED) is 0.488. The summed E-state index contributed by atoms with van der Waals surface area (Å²) in [6, 6.07) is 15.6. The molecule has 2 aromatic rings. The molecule has 0 spiro atoms. The maximum absolute atomic E-state index is 12.1. The molecule has 0 saturated heterocycles. The molecule has 0 aliphatic carbocycles. The Morgan fingerprint density at radius 2 is 1.44 bits per heavy atom. The number of rotatable bonds is 10. The highest BCUT2D eigenvalue weighted by Gasteiger charge is 2.04. The third-order valence-corrected chi connectivity index (χ3v) is 4.59. The molecule has 2 nitrogen and oxygen atoms in total. The molecule has 0 radical (unpaired) electrons. The number of carbonyl (C=O) groups is 1. The molecular weight excluding hydrogens is 330 g/mol. The summed E-state index contributed by atoms with van der Waals surface area (Å²) in [4.78, 5) is 12.1. The fraction of sp³-hybridized carbons (Fsp3) is 0.409. The van der Waals surface area contributed by atoms with Crippen LogP contribution in [-0.2, 0) is 17.6 Å². The summed E-state index contributed by atoms with van der Waals surface area (Å²) in [5.41, 5.74) is 3.15. The fourth-order valence-electron chi connectivity index (χ4n) is 2.86. The van der Waals surface area contributed by atoms with E-state index >= 15 is 0 Å². The minimum atomic E-state index is -0.00834. The van der Waals surface area contributed by atoms with E-state index in [9.17, 15) is 4.79 Å². The molecule has 0 aliphatic rings. The molecule has 3 heteroatoms. The average molecular weight is 358 g/mol. The molecule has 0 aliphatic heterocycles. The van der Waals surface area contributed by atoms with Crippen molar-refractivity contribution in [1.82, 2.24) is 0 Å². The normalized spacial score (nSPS) is 10.6. The predicted octanol–water partition coefficient (Wildman–Crippen LogP) is 6.42. The number of anilines is 1. The van der Waals surface area contributed by atoms with Crippen molar-refractivity contribution in [1.29, 1.82) is 0 Å². The van der Waals surface area contributed by atoms with E-state index < -0.39 is 0 Å². The van der Waals surface area contributed by atoms with Crippen LogP contribution in [0.5, 0.6) is 0 Å². The van der Waals surface area contributed by atoms with Gasteiger partial charge in [0.1, 0.15) is 0 Å². The lowest BCUT2D eigenvalue weighted by atomic mass is 10.0. The van der Waals surface area contributed by atoms with Gasteiger partial charge in [-0.05, 0) is 48.2 Å². The highest BCUT2D eigenvalue weighted by Crippen LogP contribution is 2.15. The van der Waals surface area contributed by atoms with Crippen molar-refractivity contribution in [3.8, 4) is 0 Å². The SMILES string of the molecule is CCCCCCCCc1ccc(NC(=O)Cc2ccc(Cl)cc2)cc1. The molecular formula is C22H28ClNO. The Kier molecular flexibility index (Phi) is 8.54. The first-order valence-corrected chi connectivity index (χ1v) is 9.68. The van der Waals surface area contributed by atoms with Gasteiger partial charge in [-0.3, -0.25) is 4.79 Å². The molecule has 1 N–H and O–H groups in total. The second-order valence-electron chi connectivity index (χ2n) is 6.57. The van der Waals surface area contributed by atoms with Crippen LogP contribution in [-0.4, -0.2) is 5.91 Å². The van der Waals surface area contributed by atoms with Crippen LogP contribution in [0.15, 0.2) is 48.5 Å². The summed E-state index contributed by atoms with van der Waals surface area (Å²) < 4.78 is 0. The van der Waals surface area contributed by atoms with Gasteiger partial charge in [-0.15, -0.1) is 0 Å². The summed E-state index contributed by atoms with van der Waals surface area (Å²) in [6.07, 6.45) is 9.37. The van der Waals surface area contributed by atoms with Crippen molar-refractivity contribution >= 4 is 23.2 Å². The molecule has 134 valence electrons. The molecule has 25 heavy (non-hydrogen) atoms. The van der Waals surface area contributed by atoms with Crippen LogP contribution in [0.1, 0.15) is 56.6 Å². The third kappa shape index (κ3) is 7.74. The Morgan fingerprint density at radius 3 is 2.12 bits per heavy atom. The van der Waals surface area contributed by atoms with Gasteiger partial charge in [0.25, 0.3) is 0 Å². The van der Waals surface area contributed by atoms with Gasteiger partial charge in [-0.25, -0.2) is 0 Å².